The van der Waals surface area contributed by atoms with Crippen LogP contribution >= 0.6 is 11.3 Å². The van der Waals surface area contributed by atoms with Crippen molar-refractivity contribution in [3.63, 3.8) is 0 Å². The van der Waals surface area contributed by atoms with E-state index >= 15 is 0 Å². The average Bonchev–Trinajstić information content (AvgIpc) is 2.65. The molecular formula is C11H15NO3S. The summed E-state index contributed by atoms with van der Waals surface area (Å²) in [4.78, 5) is 22.7. The summed E-state index contributed by atoms with van der Waals surface area (Å²) in [6.07, 6.45) is 0.701. The lowest BCUT2D eigenvalue weighted by Crippen LogP contribution is -2.30. The van der Waals surface area contributed by atoms with Crippen molar-refractivity contribution in [2.24, 2.45) is 5.41 Å². The van der Waals surface area contributed by atoms with Gasteiger partial charge in [0.2, 0.25) is 5.91 Å². The van der Waals surface area contributed by atoms with Gasteiger partial charge >= 0.3 is 5.97 Å². The topological polar surface area (TPSA) is 66.4 Å². The van der Waals surface area contributed by atoms with Crippen LogP contribution in [0.1, 0.15) is 37.6 Å². The summed E-state index contributed by atoms with van der Waals surface area (Å²) in [7, 11) is 0. The molecule has 1 aromatic heterocycles. The number of hydrogen-bond donors (Lipinski definition) is 2. The normalized spacial score (nSPS) is 11.2. The Morgan fingerprint density at radius 1 is 1.50 bits per heavy atom. The van der Waals surface area contributed by atoms with Crippen molar-refractivity contribution < 1.29 is 14.7 Å². The molecule has 0 aliphatic rings. The minimum absolute atomic E-state index is 0.144. The lowest BCUT2D eigenvalue weighted by Gasteiger charge is -2.21. The Bertz CT molecular complexity index is 409. The number of carbonyl (C=O) groups excluding carboxylic acids is 1. The van der Waals surface area contributed by atoms with Gasteiger partial charge in [-0.15, -0.1) is 11.3 Å². The molecule has 0 saturated heterocycles. The third-order valence-electron chi connectivity index (χ3n) is 2.62. The highest BCUT2D eigenvalue weighted by Crippen LogP contribution is 2.27. The van der Waals surface area contributed by atoms with E-state index in [1.54, 1.807) is 5.38 Å². The fraction of sp³-hybridized carbons (Fsp3) is 0.455. The minimum Gasteiger partial charge on any atom is -0.478 e. The molecular weight excluding hydrogens is 226 g/mol. The minimum atomic E-state index is -1.02. The summed E-state index contributed by atoms with van der Waals surface area (Å²) in [5.41, 5.74) is -0.343. The van der Waals surface area contributed by atoms with Crippen LogP contribution in [-0.4, -0.2) is 17.0 Å². The molecule has 4 nitrogen and oxygen atoms in total. The maximum absolute atomic E-state index is 11.8. The van der Waals surface area contributed by atoms with Gasteiger partial charge < -0.3 is 10.4 Å². The first-order chi connectivity index (χ1) is 7.38. The second-order valence-corrected chi connectivity index (χ2v) is 5.08. The largest absolute Gasteiger partial charge is 0.478 e. The van der Waals surface area contributed by atoms with Crippen molar-refractivity contribution in [3.05, 3.63) is 17.0 Å². The van der Waals surface area contributed by atoms with Gasteiger partial charge in [-0.1, -0.05) is 20.8 Å². The van der Waals surface area contributed by atoms with Crippen molar-refractivity contribution >= 4 is 28.2 Å². The zero-order valence-electron chi connectivity index (χ0n) is 9.53. The number of rotatable bonds is 4. The number of carboxylic acids is 1. The number of nitrogens with one attached hydrogen (secondary N) is 1. The summed E-state index contributed by atoms with van der Waals surface area (Å²) < 4.78 is 0. The molecule has 0 fully saturated rings. The summed E-state index contributed by atoms with van der Waals surface area (Å²) in [5, 5.41) is 13.6. The van der Waals surface area contributed by atoms with Gasteiger partial charge in [-0.05, 0) is 17.9 Å². The quantitative estimate of drug-likeness (QED) is 0.851. The molecule has 88 valence electrons. The Balaban J connectivity index is 2.85. The maximum Gasteiger partial charge on any atom is 0.338 e. The van der Waals surface area contributed by atoms with Gasteiger partial charge in [0.05, 0.1) is 5.56 Å². The number of carbonyl (C=O) groups is 2. The molecule has 0 saturated carbocycles. The van der Waals surface area contributed by atoms with Crippen LogP contribution in [0.2, 0.25) is 0 Å². The van der Waals surface area contributed by atoms with Crippen molar-refractivity contribution in [2.75, 3.05) is 5.32 Å². The van der Waals surface area contributed by atoms with Crippen LogP contribution in [0.25, 0.3) is 0 Å². The monoisotopic (exact) mass is 241 g/mol. The Labute approximate surface area is 98.3 Å². The van der Waals surface area contributed by atoms with Crippen molar-refractivity contribution in [1.29, 1.82) is 0 Å². The zero-order valence-corrected chi connectivity index (χ0v) is 10.4. The lowest BCUT2D eigenvalue weighted by molar-refractivity contribution is -0.124. The van der Waals surface area contributed by atoms with E-state index in [2.05, 4.69) is 5.32 Å². The first kappa shape index (κ1) is 12.7. The number of carboxylic acid groups (broad SMARTS) is 1. The molecule has 0 aromatic carbocycles. The lowest BCUT2D eigenvalue weighted by atomic mass is 9.89. The second-order valence-electron chi connectivity index (χ2n) is 4.16. The van der Waals surface area contributed by atoms with Crippen LogP contribution in [0, 0.1) is 5.41 Å². The van der Waals surface area contributed by atoms with Gasteiger partial charge in [-0.3, -0.25) is 4.79 Å². The number of anilines is 1. The highest BCUT2D eigenvalue weighted by molar-refractivity contribution is 7.14. The fourth-order valence-corrected chi connectivity index (χ4v) is 1.78. The van der Waals surface area contributed by atoms with Crippen LogP contribution < -0.4 is 5.32 Å². The first-order valence-corrected chi connectivity index (χ1v) is 5.88. The van der Waals surface area contributed by atoms with Gasteiger partial charge in [-0.25, -0.2) is 4.79 Å². The first-order valence-electron chi connectivity index (χ1n) is 5.00. The average molecular weight is 241 g/mol. The maximum atomic E-state index is 11.8. The molecule has 1 aromatic rings. The van der Waals surface area contributed by atoms with Gasteiger partial charge in [0.15, 0.2) is 0 Å². The highest BCUT2D eigenvalue weighted by atomic mass is 32.1. The molecule has 0 aliphatic carbocycles. The molecule has 0 radical (unpaired) electrons. The van der Waals surface area contributed by atoms with Crippen LogP contribution in [0.5, 0.6) is 0 Å². The smallest absolute Gasteiger partial charge is 0.338 e. The van der Waals surface area contributed by atoms with Crippen LogP contribution in [0.4, 0.5) is 5.00 Å². The van der Waals surface area contributed by atoms with Crippen molar-refractivity contribution in [3.8, 4) is 0 Å². The van der Waals surface area contributed by atoms with E-state index < -0.39 is 11.4 Å². The standard InChI is InChI=1S/C11H15NO3S/c1-4-11(2,3)10(15)12-8-7(9(13)14)5-6-16-8/h5-6H,4H2,1-3H3,(H,12,15)(H,13,14). The third kappa shape index (κ3) is 2.61. The van der Waals surface area contributed by atoms with Crippen molar-refractivity contribution in [2.45, 2.75) is 27.2 Å². The predicted octanol–water partition coefficient (Wildman–Crippen LogP) is 2.82. The molecule has 0 spiro atoms. The fourth-order valence-electron chi connectivity index (χ4n) is 1.01. The Morgan fingerprint density at radius 3 is 2.62 bits per heavy atom. The highest BCUT2D eigenvalue weighted by Gasteiger charge is 2.26. The van der Waals surface area contributed by atoms with E-state index in [0.717, 1.165) is 0 Å². The molecule has 0 unspecified atom stereocenters. The van der Waals surface area contributed by atoms with E-state index in [1.165, 1.54) is 17.4 Å². The van der Waals surface area contributed by atoms with E-state index in [9.17, 15) is 9.59 Å². The Hall–Kier alpha value is -1.36. The molecule has 0 atom stereocenters. The molecule has 16 heavy (non-hydrogen) atoms. The van der Waals surface area contributed by atoms with E-state index in [-0.39, 0.29) is 11.5 Å². The van der Waals surface area contributed by atoms with Gasteiger partial charge in [0, 0.05) is 5.41 Å². The van der Waals surface area contributed by atoms with E-state index in [1.807, 2.05) is 20.8 Å². The van der Waals surface area contributed by atoms with Gasteiger partial charge in [-0.2, -0.15) is 0 Å². The summed E-state index contributed by atoms with van der Waals surface area (Å²) in [5.74, 6) is -1.18. The third-order valence-corrected chi connectivity index (χ3v) is 3.45. The molecule has 2 N–H and O–H groups in total. The predicted molar refractivity (Wildman–Crippen MR) is 64.0 cm³/mol. The molecule has 1 heterocycles. The van der Waals surface area contributed by atoms with E-state index in [4.69, 9.17) is 5.11 Å². The molecule has 5 heteroatoms. The number of hydrogen-bond acceptors (Lipinski definition) is 3. The number of thiophene rings is 1. The summed E-state index contributed by atoms with van der Waals surface area (Å²) in [6.45, 7) is 5.58. The van der Waals surface area contributed by atoms with E-state index in [0.29, 0.717) is 11.4 Å². The van der Waals surface area contributed by atoms with Crippen LogP contribution in [0.3, 0.4) is 0 Å². The number of aromatic carboxylic acids is 1. The van der Waals surface area contributed by atoms with Gasteiger partial charge in [0.1, 0.15) is 5.00 Å². The molecule has 0 aliphatic heterocycles. The molecule has 0 bridgehead atoms. The SMILES string of the molecule is CCC(C)(C)C(=O)Nc1sccc1C(=O)O. The van der Waals surface area contributed by atoms with Gasteiger partial charge in [0.25, 0.3) is 0 Å². The molecule has 1 amide bonds. The van der Waals surface area contributed by atoms with Crippen LogP contribution in [0.15, 0.2) is 11.4 Å². The van der Waals surface area contributed by atoms with Crippen molar-refractivity contribution in [1.82, 2.24) is 0 Å². The Kier molecular flexibility index (Phi) is 3.70. The Morgan fingerprint density at radius 2 is 2.12 bits per heavy atom. The molecule has 1 rings (SSSR count). The number of amides is 1. The summed E-state index contributed by atoms with van der Waals surface area (Å²) in [6, 6.07) is 1.49. The van der Waals surface area contributed by atoms with Crippen LogP contribution in [-0.2, 0) is 4.79 Å². The summed E-state index contributed by atoms with van der Waals surface area (Å²) >= 11 is 1.22. The second kappa shape index (κ2) is 4.65. The zero-order chi connectivity index (χ0) is 12.3.